The third kappa shape index (κ3) is 6.84. The molecule has 1 unspecified atom stereocenters. The minimum absolute atomic E-state index is 0.0382. The first-order chi connectivity index (χ1) is 15.5. The van der Waals surface area contributed by atoms with Gasteiger partial charge in [-0.05, 0) is 31.2 Å². The van der Waals surface area contributed by atoms with Gasteiger partial charge in [0.25, 0.3) is 0 Å². The number of hydrogen-bond acceptors (Lipinski definition) is 4. The summed E-state index contributed by atoms with van der Waals surface area (Å²) in [5.74, 6) is 0. The van der Waals surface area contributed by atoms with Crippen molar-refractivity contribution < 1.29 is 14.3 Å². The van der Waals surface area contributed by atoms with Gasteiger partial charge in [-0.1, -0.05) is 30.3 Å². The van der Waals surface area contributed by atoms with Crippen LogP contribution in [0.15, 0.2) is 30.3 Å². The second-order valence-electron chi connectivity index (χ2n) is 9.04. The molecule has 4 amide bonds. The smallest absolute Gasteiger partial charge is 0.319 e. The van der Waals surface area contributed by atoms with Crippen LogP contribution in [0.3, 0.4) is 0 Å². The normalized spacial score (nSPS) is 19.2. The largest absolute Gasteiger partial charge is 0.381 e. The topological polar surface area (TPSA) is 68.4 Å². The molecule has 1 N–H and O–H groups in total. The van der Waals surface area contributed by atoms with Gasteiger partial charge in [0.2, 0.25) is 0 Å². The fourth-order valence-electron chi connectivity index (χ4n) is 4.61. The van der Waals surface area contributed by atoms with Crippen LogP contribution in [0, 0.1) is 0 Å². The summed E-state index contributed by atoms with van der Waals surface area (Å²) < 4.78 is 5.58. The Labute approximate surface area is 192 Å². The Balaban J connectivity index is 1.50. The van der Waals surface area contributed by atoms with E-state index >= 15 is 0 Å². The number of likely N-dealkylation sites (N-methyl/N-ethyl adjacent to an activating group) is 1. The number of likely N-dealkylation sites (tertiary alicyclic amines) is 1. The summed E-state index contributed by atoms with van der Waals surface area (Å²) in [6.45, 7) is 5.20. The van der Waals surface area contributed by atoms with Crippen LogP contribution < -0.4 is 5.32 Å². The van der Waals surface area contributed by atoms with Gasteiger partial charge < -0.3 is 24.8 Å². The van der Waals surface area contributed by atoms with Crippen molar-refractivity contribution in [3.63, 3.8) is 0 Å². The van der Waals surface area contributed by atoms with Gasteiger partial charge in [-0.3, -0.25) is 4.90 Å². The van der Waals surface area contributed by atoms with Crippen molar-refractivity contribution in [3.8, 4) is 0 Å². The second-order valence-corrected chi connectivity index (χ2v) is 9.04. The van der Waals surface area contributed by atoms with Crippen LogP contribution in [0.2, 0.25) is 0 Å². The Bertz CT molecular complexity index is 724. The Morgan fingerprint density at radius 3 is 2.44 bits per heavy atom. The van der Waals surface area contributed by atoms with Crippen molar-refractivity contribution in [2.45, 2.75) is 37.8 Å². The van der Waals surface area contributed by atoms with Crippen molar-refractivity contribution in [1.29, 1.82) is 0 Å². The summed E-state index contributed by atoms with van der Waals surface area (Å²) in [4.78, 5) is 32.9. The molecule has 1 atom stereocenters. The third-order valence-corrected chi connectivity index (χ3v) is 6.52. The molecule has 8 nitrogen and oxygen atoms in total. The average molecular weight is 446 g/mol. The molecule has 0 aliphatic carbocycles. The van der Waals surface area contributed by atoms with Crippen LogP contribution in [0.25, 0.3) is 0 Å². The zero-order valence-electron chi connectivity index (χ0n) is 19.8. The van der Waals surface area contributed by atoms with Crippen LogP contribution in [0.5, 0.6) is 0 Å². The number of carbonyl (C=O) groups excluding carboxylic acids is 2. The Kier molecular flexibility index (Phi) is 9.17. The van der Waals surface area contributed by atoms with Crippen LogP contribution in [0.4, 0.5) is 9.59 Å². The van der Waals surface area contributed by atoms with Gasteiger partial charge in [-0.15, -0.1) is 0 Å². The van der Waals surface area contributed by atoms with Crippen molar-refractivity contribution in [1.82, 2.24) is 24.9 Å². The zero-order chi connectivity index (χ0) is 22.9. The molecule has 0 radical (unpaired) electrons. The quantitative estimate of drug-likeness (QED) is 0.666. The van der Waals surface area contributed by atoms with Crippen LogP contribution in [-0.2, 0) is 11.2 Å². The van der Waals surface area contributed by atoms with Gasteiger partial charge in [0.05, 0.1) is 0 Å². The second kappa shape index (κ2) is 12.1. The van der Waals surface area contributed by atoms with E-state index < -0.39 is 0 Å². The number of carbonyl (C=O) groups is 2. The molecular weight excluding hydrogens is 406 g/mol. The number of nitrogens with one attached hydrogen (secondary N) is 1. The lowest BCUT2D eigenvalue weighted by Gasteiger charge is -2.39. The highest BCUT2D eigenvalue weighted by Gasteiger charge is 2.35. The highest BCUT2D eigenvalue weighted by molar-refractivity contribution is 5.74. The van der Waals surface area contributed by atoms with E-state index in [-0.39, 0.29) is 12.1 Å². The molecule has 2 aliphatic rings. The molecule has 2 fully saturated rings. The molecule has 2 saturated heterocycles. The number of ether oxygens (including phenoxy) is 1. The van der Waals surface area contributed by atoms with E-state index in [0.29, 0.717) is 25.2 Å². The molecule has 0 aromatic heterocycles. The van der Waals surface area contributed by atoms with E-state index in [1.807, 2.05) is 30.1 Å². The van der Waals surface area contributed by atoms with Crippen molar-refractivity contribution in [2.24, 2.45) is 0 Å². The average Bonchev–Trinajstić information content (AvgIpc) is 3.29. The summed E-state index contributed by atoms with van der Waals surface area (Å²) >= 11 is 0. The molecule has 32 heavy (non-hydrogen) atoms. The molecule has 1 aromatic rings. The maximum absolute atomic E-state index is 12.6. The lowest BCUT2D eigenvalue weighted by Crippen LogP contribution is -2.51. The van der Waals surface area contributed by atoms with Gasteiger partial charge in [-0.2, -0.15) is 0 Å². The number of urea groups is 2. The Hall–Kier alpha value is -2.32. The molecule has 0 spiro atoms. The Morgan fingerprint density at radius 1 is 1.03 bits per heavy atom. The summed E-state index contributed by atoms with van der Waals surface area (Å²) in [6.07, 6.45) is 3.81. The van der Waals surface area contributed by atoms with E-state index in [1.54, 1.807) is 23.9 Å². The molecule has 0 bridgehead atoms. The van der Waals surface area contributed by atoms with Crippen molar-refractivity contribution in [3.05, 3.63) is 35.9 Å². The molecule has 3 rings (SSSR count). The summed E-state index contributed by atoms with van der Waals surface area (Å²) in [5, 5.41) is 3.03. The molecule has 2 aliphatic heterocycles. The predicted octanol–water partition coefficient (Wildman–Crippen LogP) is 2.11. The summed E-state index contributed by atoms with van der Waals surface area (Å²) in [7, 11) is 5.46. The lowest BCUT2D eigenvalue weighted by atomic mass is 10.0. The van der Waals surface area contributed by atoms with Crippen LogP contribution in [0.1, 0.15) is 24.8 Å². The minimum Gasteiger partial charge on any atom is -0.381 e. The number of benzene rings is 1. The van der Waals surface area contributed by atoms with E-state index in [4.69, 9.17) is 4.74 Å². The monoisotopic (exact) mass is 445 g/mol. The van der Waals surface area contributed by atoms with E-state index in [9.17, 15) is 9.59 Å². The maximum Gasteiger partial charge on any atom is 0.319 e. The lowest BCUT2D eigenvalue weighted by molar-refractivity contribution is 0.0163. The van der Waals surface area contributed by atoms with Gasteiger partial charge in [-0.25, -0.2) is 9.59 Å². The van der Waals surface area contributed by atoms with Gasteiger partial charge in [0.1, 0.15) is 0 Å². The van der Waals surface area contributed by atoms with Crippen molar-refractivity contribution in [2.75, 3.05) is 67.1 Å². The molecular formula is C24H39N5O3. The summed E-state index contributed by atoms with van der Waals surface area (Å²) in [5.41, 5.74) is 1.22. The first kappa shape index (κ1) is 24.3. The SMILES string of the molecule is CN(C)C(=O)N1CCC(N(CCN(C)C(=O)NCCc2ccccc2)C2CCOCC2)C1. The van der Waals surface area contributed by atoms with E-state index in [1.165, 1.54) is 5.56 Å². The summed E-state index contributed by atoms with van der Waals surface area (Å²) in [6, 6.07) is 11.0. The third-order valence-electron chi connectivity index (χ3n) is 6.52. The molecule has 8 heteroatoms. The van der Waals surface area contributed by atoms with Crippen LogP contribution >= 0.6 is 0 Å². The van der Waals surface area contributed by atoms with Crippen LogP contribution in [-0.4, -0.2) is 111 Å². The number of nitrogens with zero attached hydrogens (tertiary/aromatic N) is 4. The fourth-order valence-corrected chi connectivity index (χ4v) is 4.61. The predicted molar refractivity (Wildman–Crippen MR) is 126 cm³/mol. The first-order valence-corrected chi connectivity index (χ1v) is 11.8. The fraction of sp³-hybridized carbons (Fsp3) is 0.667. The molecule has 2 heterocycles. The highest BCUT2D eigenvalue weighted by atomic mass is 16.5. The van der Waals surface area contributed by atoms with Gasteiger partial charge >= 0.3 is 12.1 Å². The molecule has 178 valence electrons. The minimum atomic E-state index is -0.0382. The number of amides is 4. The maximum atomic E-state index is 12.6. The zero-order valence-corrected chi connectivity index (χ0v) is 19.8. The van der Waals surface area contributed by atoms with E-state index in [2.05, 4.69) is 22.3 Å². The van der Waals surface area contributed by atoms with Gasteiger partial charge in [0.15, 0.2) is 0 Å². The number of hydrogen-bond donors (Lipinski definition) is 1. The molecule has 0 saturated carbocycles. The van der Waals surface area contributed by atoms with E-state index in [0.717, 1.165) is 58.5 Å². The highest BCUT2D eigenvalue weighted by Crippen LogP contribution is 2.23. The van der Waals surface area contributed by atoms with Gasteiger partial charge in [0, 0.05) is 79.2 Å². The van der Waals surface area contributed by atoms with Crippen molar-refractivity contribution >= 4 is 12.1 Å². The molecule has 1 aromatic carbocycles. The number of rotatable bonds is 8. The standard InChI is InChI=1S/C24H39N5O3/c1-26(2)24(31)28-14-10-22(19-28)29(21-11-17-32-18-12-21)16-15-27(3)23(30)25-13-9-20-7-5-4-6-8-20/h4-8,21-22H,9-19H2,1-3H3,(H,25,30). The first-order valence-electron chi connectivity index (χ1n) is 11.8. The Morgan fingerprint density at radius 2 is 1.75 bits per heavy atom.